The molecule has 0 N–H and O–H groups in total. The van der Waals surface area contributed by atoms with Crippen molar-refractivity contribution in [3.63, 3.8) is 0 Å². The quantitative estimate of drug-likeness (QED) is 0.787. The molecule has 1 heterocycles. The molecule has 3 nitrogen and oxygen atoms in total. The van der Waals surface area contributed by atoms with E-state index in [0.717, 1.165) is 11.3 Å². The number of aromatic nitrogens is 1. The Morgan fingerprint density at radius 1 is 1.26 bits per heavy atom. The van der Waals surface area contributed by atoms with E-state index in [4.69, 9.17) is 16.9 Å². The highest BCUT2D eigenvalue weighted by Crippen LogP contribution is 2.23. The fourth-order valence-corrected chi connectivity index (χ4v) is 2.33. The number of ketones is 1. The third-order valence-electron chi connectivity index (χ3n) is 3.36. The van der Waals surface area contributed by atoms with E-state index in [1.165, 1.54) is 0 Å². The van der Waals surface area contributed by atoms with Crippen molar-refractivity contribution in [3.8, 4) is 6.07 Å². The minimum absolute atomic E-state index is 0.0960. The average Bonchev–Trinajstić information content (AvgIpc) is 2.60. The van der Waals surface area contributed by atoms with Crippen LogP contribution in [0.25, 0.3) is 0 Å². The van der Waals surface area contributed by atoms with Crippen molar-refractivity contribution in [2.75, 3.05) is 0 Å². The molecule has 0 spiro atoms. The highest BCUT2D eigenvalue weighted by atomic mass is 35.5. The molecule has 0 aliphatic heterocycles. The number of hydrogen-bond donors (Lipinski definition) is 0. The van der Waals surface area contributed by atoms with Crippen LogP contribution in [0.5, 0.6) is 0 Å². The molecule has 0 radical (unpaired) electrons. The molecule has 0 aliphatic rings. The Kier molecular flexibility index (Phi) is 3.46. The maximum absolute atomic E-state index is 12.5. The zero-order chi connectivity index (χ0) is 14.2. The van der Waals surface area contributed by atoms with Crippen LogP contribution in [0.1, 0.15) is 32.9 Å². The van der Waals surface area contributed by atoms with Crippen LogP contribution in [-0.4, -0.2) is 10.4 Å². The van der Waals surface area contributed by atoms with Crippen LogP contribution < -0.4 is 0 Å². The number of rotatable bonds is 2. The maximum atomic E-state index is 12.5. The normalized spacial score (nSPS) is 10.3. The van der Waals surface area contributed by atoms with E-state index in [1.54, 1.807) is 42.8 Å². The largest absolute Gasteiger partial charge is 0.344 e. The minimum Gasteiger partial charge on any atom is -0.344 e. The number of hydrogen-bond acceptors (Lipinski definition) is 2. The Morgan fingerprint density at radius 2 is 1.84 bits per heavy atom. The van der Waals surface area contributed by atoms with E-state index < -0.39 is 0 Å². The Balaban J connectivity index is 2.57. The highest BCUT2D eigenvalue weighted by Gasteiger charge is 2.21. The van der Waals surface area contributed by atoms with Crippen molar-refractivity contribution in [1.82, 2.24) is 4.57 Å². The van der Waals surface area contributed by atoms with Crippen LogP contribution in [-0.2, 0) is 7.05 Å². The maximum Gasteiger partial charge on any atom is 0.209 e. The van der Waals surface area contributed by atoms with Gasteiger partial charge < -0.3 is 4.57 Å². The Hall–Kier alpha value is -2.05. The summed E-state index contributed by atoms with van der Waals surface area (Å²) in [5, 5.41) is 9.73. The summed E-state index contributed by atoms with van der Waals surface area (Å²) in [5.74, 6) is -0.0960. The molecule has 0 unspecified atom stereocenters. The lowest BCUT2D eigenvalue weighted by Gasteiger charge is -2.05. The summed E-state index contributed by atoms with van der Waals surface area (Å²) in [6, 6.07) is 8.90. The zero-order valence-electron chi connectivity index (χ0n) is 11.0. The first-order chi connectivity index (χ1) is 8.97. The molecular formula is C15H13ClN2O. The van der Waals surface area contributed by atoms with Crippen molar-refractivity contribution in [1.29, 1.82) is 5.26 Å². The summed E-state index contributed by atoms with van der Waals surface area (Å²) < 4.78 is 1.77. The summed E-state index contributed by atoms with van der Waals surface area (Å²) in [7, 11) is 1.80. The number of nitrogens with zero attached hydrogens (tertiary/aromatic N) is 2. The van der Waals surface area contributed by atoms with Crippen molar-refractivity contribution in [2.45, 2.75) is 13.8 Å². The van der Waals surface area contributed by atoms with Gasteiger partial charge in [0.25, 0.3) is 0 Å². The van der Waals surface area contributed by atoms with Gasteiger partial charge in [-0.15, -0.1) is 0 Å². The van der Waals surface area contributed by atoms with Crippen LogP contribution in [0.2, 0.25) is 5.02 Å². The number of nitriles is 1. The molecule has 0 amide bonds. The number of carbonyl (C=O) groups is 1. The molecule has 2 aromatic rings. The van der Waals surface area contributed by atoms with E-state index in [2.05, 4.69) is 6.07 Å². The molecule has 4 heteroatoms. The first kappa shape index (κ1) is 13.4. The van der Waals surface area contributed by atoms with Gasteiger partial charge in [-0.3, -0.25) is 4.79 Å². The van der Waals surface area contributed by atoms with Crippen molar-refractivity contribution in [3.05, 3.63) is 57.4 Å². The van der Waals surface area contributed by atoms with Gasteiger partial charge >= 0.3 is 0 Å². The Bertz CT molecular complexity index is 690. The van der Waals surface area contributed by atoms with Gasteiger partial charge in [0.15, 0.2) is 0 Å². The number of benzene rings is 1. The summed E-state index contributed by atoms with van der Waals surface area (Å²) in [5.41, 5.74) is 3.22. The monoisotopic (exact) mass is 272 g/mol. The molecule has 0 bridgehead atoms. The van der Waals surface area contributed by atoms with Crippen LogP contribution in [0.15, 0.2) is 24.3 Å². The zero-order valence-corrected chi connectivity index (χ0v) is 11.7. The van der Waals surface area contributed by atoms with Gasteiger partial charge in [0, 0.05) is 23.3 Å². The molecule has 19 heavy (non-hydrogen) atoms. The lowest BCUT2D eigenvalue weighted by molar-refractivity contribution is 0.103. The average molecular weight is 273 g/mol. The smallest absolute Gasteiger partial charge is 0.209 e. The molecule has 0 atom stereocenters. The fourth-order valence-electron chi connectivity index (χ4n) is 2.20. The fraction of sp³-hybridized carbons (Fsp3) is 0.200. The van der Waals surface area contributed by atoms with Gasteiger partial charge in [-0.05, 0) is 43.7 Å². The molecule has 0 aliphatic carbocycles. The lowest BCUT2D eigenvalue weighted by Crippen LogP contribution is -2.09. The van der Waals surface area contributed by atoms with Gasteiger partial charge in [-0.2, -0.15) is 5.26 Å². The molecule has 0 saturated heterocycles. The van der Waals surface area contributed by atoms with Crippen molar-refractivity contribution >= 4 is 17.4 Å². The molecule has 1 aromatic carbocycles. The van der Waals surface area contributed by atoms with Gasteiger partial charge in [0.1, 0.15) is 6.07 Å². The van der Waals surface area contributed by atoms with E-state index >= 15 is 0 Å². The van der Waals surface area contributed by atoms with E-state index in [-0.39, 0.29) is 5.78 Å². The second-order valence-corrected chi connectivity index (χ2v) is 4.88. The van der Waals surface area contributed by atoms with Gasteiger partial charge in [-0.25, -0.2) is 0 Å². The predicted molar refractivity (Wildman–Crippen MR) is 74.5 cm³/mol. The van der Waals surface area contributed by atoms with Crippen molar-refractivity contribution in [2.24, 2.45) is 7.05 Å². The highest BCUT2D eigenvalue weighted by molar-refractivity contribution is 6.30. The van der Waals surface area contributed by atoms with Crippen molar-refractivity contribution < 1.29 is 4.79 Å². The lowest BCUT2D eigenvalue weighted by atomic mass is 10.0. The van der Waals surface area contributed by atoms with Gasteiger partial charge in [-0.1, -0.05) is 11.6 Å². The number of halogens is 1. The van der Waals surface area contributed by atoms with E-state index in [0.29, 0.717) is 21.8 Å². The molecule has 96 valence electrons. The standard InChI is InChI=1S/C15H13ClN2O/c1-9-13(8-17)10(2)18(3)14(9)15(19)11-4-6-12(16)7-5-11/h4-7H,1-3H3. The number of carbonyl (C=O) groups excluding carboxylic acids is 1. The third-order valence-corrected chi connectivity index (χ3v) is 3.62. The SMILES string of the molecule is Cc1c(C#N)c(C)n(C)c1C(=O)c1ccc(Cl)cc1. The predicted octanol–water partition coefficient (Wildman–Crippen LogP) is 3.40. The minimum atomic E-state index is -0.0960. The van der Waals surface area contributed by atoms with Crippen LogP contribution >= 0.6 is 11.6 Å². The second kappa shape index (κ2) is 4.91. The van der Waals surface area contributed by atoms with Gasteiger partial charge in [0.2, 0.25) is 5.78 Å². The molecule has 0 saturated carbocycles. The van der Waals surface area contributed by atoms with Gasteiger partial charge in [0.05, 0.1) is 11.3 Å². The Morgan fingerprint density at radius 3 is 2.32 bits per heavy atom. The van der Waals surface area contributed by atoms with Crippen LogP contribution in [0.3, 0.4) is 0 Å². The second-order valence-electron chi connectivity index (χ2n) is 4.44. The summed E-state index contributed by atoms with van der Waals surface area (Å²) in [4.78, 5) is 12.5. The Labute approximate surface area is 117 Å². The molecule has 1 aromatic heterocycles. The molecule has 0 fully saturated rings. The summed E-state index contributed by atoms with van der Waals surface area (Å²) in [6.45, 7) is 3.64. The van der Waals surface area contributed by atoms with Crippen LogP contribution in [0, 0.1) is 25.2 Å². The topological polar surface area (TPSA) is 45.8 Å². The first-order valence-electron chi connectivity index (χ1n) is 5.83. The van der Waals surface area contributed by atoms with E-state index in [1.807, 2.05) is 6.92 Å². The first-order valence-corrected chi connectivity index (χ1v) is 6.21. The summed E-state index contributed by atoms with van der Waals surface area (Å²) >= 11 is 5.82. The van der Waals surface area contributed by atoms with Crippen LogP contribution in [0.4, 0.5) is 0 Å². The summed E-state index contributed by atoms with van der Waals surface area (Å²) in [6.07, 6.45) is 0. The molecular weight excluding hydrogens is 260 g/mol. The third kappa shape index (κ3) is 2.16. The molecule has 2 rings (SSSR count). The van der Waals surface area contributed by atoms with E-state index in [9.17, 15) is 4.79 Å².